The number of esters is 1. The average molecular weight is 394 g/mol. The number of carbonyl (C=O) groups excluding carboxylic acids is 2. The first-order chi connectivity index (χ1) is 13.2. The summed E-state index contributed by atoms with van der Waals surface area (Å²) in [5, 5.41) is 13.7. The summed E-state index contributed by atoms with van der Waals surface area (Å²) in [6.45, 7) is -1.65. The number of benzene rings is 2. The summed E-state index contributed by atoms with van der Waals surface area (Å²) in [7, 11) is 1.50. The van der Waals surface area contributed by atoms with E-state index < -0.39 is 29.4 Å². The Labute approximate surface area is 158 Å². The Balaban J connectivity index is 2.10. The predicted octanol–water partition coefficient (Wildman–Crippen LogP) is 3.67. The molecule has 2 aromatic rings. The highest BCUT2D eigenvalue weighted by atomic mass is 19.3. The van der Waals surface area contributed by atoms with Gasteiger partial charge in [-0.2, -0.15) is 8.78 Å². The van der Waals surface area contributed by atoms with Crippen LogP contribution in [0, 0.1) is 10.1 Å². The van der Waals surface area contributed by atoms with Gasteiger partial charge in [0.25, 0.3) is 5.69 Å². The molecule has 0 unspecified atom stereocenters. The Morgan fingerprint density at radius 1 is 1.11 bits per heavy atom. The number of nitrogens with zero attached hydrogens (tertiary/aromatic N) is 1. The molecule has 0 radical (unpaired) electrons. The number of nitro groups is 1. The van der Waals surface area contributed by atoms with Gasteiger partial charge in [-0.3, -0.25) is 14.9 Å². The Morgan fingerprint density at radius 3 is 2.25 bits per heavy atom. The molecule has 0 fully saturated rings. The van der Waals surface area contributed by atoms with Gasteiger partial charge in [-0.15, -0.1) is 0 Å². The van der Waals surface area contributed by atoms with Gasteiger partial charge in [0.2, 0.25) is 5.78 Å². The second-order valence-electron chi connectivity index (χ2n) is 5.55. The smallest absolute Gasteiger partial charge is 0.387 e. The second kappa shape index (κ2) is 8.89. The first-order valence-electron chi connectivity index (χ1n) is 7.99. The molecule has 0 spiro atoms. The van der Waals surface area contributed by atoms with E-state index in [-0.39, 0.29) is 28.3 Å². The number of anilines is 1. The molecule has 148 valence electrons. The Morgan fingerprint density at radius 2 is 1.71 bits per heavy atom. The van der Waals surface area contributed by atoms with Gasteiger partial charge in [-0.25, -0.2) is 4.79 Å². The van der Waals surface area contributed by atoms with Crippen molar-refractivity contribution in [1.29, 1.82) is 0 Å². The molecule has 0 aliphatic rings. The fraction of sp³-hybridized carbons (Fsp3) is 0.222. The fourth-order valence-electron chi connectivity index (χ4n) is 2.34. The molecule has 0 saturated carbocycles. The molecule has 1 N–H and O–H groups in total. The predicted molar refractivity (Wildman–Crippen MR) is 94.9 cm³/mol. The van der Waals surface area contributed by atoms with E-state index in [9.17, 15) is 28.5 Å². The van der Waals surface area contributed by atoms with E-state index in [0.29, 0.717) is 0 Å². The van der Waals surface area contributed by atoms with Crippen LogP contribution in [0.3, 0.4) is 0 Å². The van der Waals surface area contributed by atoms with Crippen LogP contribution in [-0.2, 0) is 4.74 Å². The number of nitrogens with one attached hydrogen (secondary N) is 1. The van der Waals surface area contributed by atoms with E-state index in [1.807, 2.05) is 0 Å². The van der Waals surface area contributed by atoms with E-state index in [1.54, 1.807) is 0 Å². The van der Waals surface area contributed by atoms with Crippen molar-refractivity contribution in [2.75, 3.05) is 12.4 Å². The molecular weight excluding hydrogens is 378 g/mol. The van der Waals surface area contributed by atoms with Crippen molar-refractivity contribution in [2.45, 2.75) is 19.6 Å². The molecule has 0 bridgehead atoms. The van der Waals surface area contributed by atoms with Crippen LogP contribution < -0.4 is 10.1 Å². The number of hydrogen-bond acceptors (Lipinski definition) is 7. The highest BCUT2D eigenvalue weighted by molar-refractivity contribution is 6.01. The number of hydrogen-bond donors (Lipinski definition) is 1. The van der Waals surface area contributed by atoms with Crippen LogP contribution in [-0.4, -0.2) is 36.4 Å². The highest BCUT2D eigenvalue weighted by Gasteiger charge is 2.23. The van der Waals surface area contributed by atoms with Crippen molar-refractivity contribution in [1.82, 2.24) is 0 Å². The number of ether oxygens (including phenoxy) is 2. The second-order valence-corrected chi connectivity index (χ2v) is 5.55. The number of alkyl halides is 2. The first kappa shape index (κ1) is 20.7. The van der Waals surface area contributed by atoms with Gasteiger partial charge < -0.3 is 14.8 Å². The van der Waals surface area contributed by atoms with Gasteiger partial charge >= 0.3 is 12.6 Å². The van der Waals surface area contributed by atoms with Crippen molar-refractivity contribution in [3.63, 3.8) is 0 Å². The molecule has 28 heavy (non-hydrogen) atoms. The molecule has 8 nitrogen and oxygen atoms in total. The Kier molecular flexibility index (Phi) is 6.59. The van der Waals surface area contributed by atoms with Crippen LogP contribution in [0.25, 0.3) is 0 Å². The van der Waals surface area contributed by atoms with Gasteiger partial charge in [0.15, 0.2) is 6.10 Å². The summed E-state index contributed by atoms with van der Waals surface area (Å²) in [6, 6.07) is 8.62. The van der Waals surface area contributed by atoms with Crippen molar-refractivity contribution in [2.24, 2.45) is 0 Å². The normalized spacial score (nSPS) is 11.6. The van der Waals surface area contributed by atoms with Gasteiger partial charge in [0.1, 0.15) is 11.4 Å². The molecule has 0 saturated heterocycles. The molecule has 0 aromatic heterocycles. The lowest BCUT2D eigenvalue weighted by Crippen LogP contribution is -2.24. The minimum Gasteiger partial charge on any atom is -0.451 e. The molecule has 2 rings (SSSR count). The van der Waals surface area contributed by atoms with Crippen LogP contribution in [0.15, 0.2) is 42.5 Å². The van der Waals surface area contributed by atoms with E-state index in [2.05, 4.69) is 10.1 Å². The van der Waals surface area contributed by atoms with Crippen molar-refractivity contribution >= 4 is 23.1 Å². The van der Waals surface area contributed by atoms with Gasteiger partial charge in [-0.05, 0) is 43.3 Å². The third-order valence-electron chi connectivity index (χ3n) is 3.72. The Bertz CT molecular complexity index is 886. The highest BCUT2D eigenvalue weighted by Crippen LogP contribution is 2.25. The number of nitro benzene ring substituents is 1. The van der Waals surface area contributed by atoms with Crippen LogP contribution >= 0.6 is 0 Å². The van der Waals surface area contributed by atoms with E-state index in [1.165, 1.54) is 50.4 Å². The van der Waals surface area contributed by atoms with E-state index in [0.717, 1.165) is 6.07 Å². The fourth-order valence-corrected chi connectivity index (χ4v) is 2.34. The molecule has 0 amide bonds. The van der Waals surface area contributed by atoms with Crippen molar-refractivity contribution < 1.29 is 32.8 Å². The molecule has 10 heteroatoms. The standard InChI is InChI=1S/C18H16F2N2O6/c1-10(16(23)11-3-6-13(7-4-11)28-18(19)20)27-17(24)12-5-8-14(21-2)15(9-12)22(25)26/h3-10,18,21H,1-2H3/t10-/m0/s1. The number of carbonyl (C=O) groups is 2. The zero-order valence-electron chi connectivity index (χ0n) is 14.8. The summed E-state index contributed by atoms with van der Waals surface area (Å²) in [6.07, 6.45) is -1.20. The van der Waals surface area contributed by atoms with Gasteiger partial charge in [0, 0.05) is 18.7 Å². The Hall–Kier alpha value is -3.56. The van der Waals surface area contributed by atoms with E-state index >= 15 is 0 Å². The number of halogens is 2. The molecule has 1 atom stereocenters. The maximum absolute atomic E-state index is 12.3. The summed E-state index contributed by atoms with van der Waals surface area (Å²) in [5.74, 6) is -1.60. The third kappa shape index (κ3) is 5.00. The first-order valence-corrected chi connectivity index (χ1v) is 7.99. The summed E-state index contributed by atoms with van der Waals surface area (Å²) in [5.41, 5.74) is -0.0632. The summed E-state index contributed by atoms with van der Waals surface area (Å²) in [4.78, 5) is 35.0. The van der Waals surface area contributed by atoms with Crippen LogP contribution in [0.5, 0.6) is 5.75 Å². The monoisotopic (exact) mass is 394 g/mol. The molecule has 2 aromatic carbocycles. The zero-order chi connectivity index (χ0) is 20.8. The maximum Gasteiger partial charge on any atom is 0.387 e. The van der Waals surface area contributed by atoms with Crippen molar-refractivity contribution in [3.8, 4) is 5.75 Å². The van der Waals surface area contributed by atoms with Crippen LogP contribution in [0.1, 0.15) is 27.6 Å². The lowest BCUT2D eigenvalue weighted by atomic mass is 10.1. The molecule has 0 aliphatic heterocycles. The minimum atomic E-state index is -2.99. The van der Waals surface area contributed by atoms with Gasteiger partial charge in [0.05, 0.1) is 10.5 Å². The molecule has 0 aliphatic carbocycles. The topological polar surface area (TPSA) is 108 Å². The largest absolute Gasteiger partial charge is 0.451 e. The number of ketones is 1. The number of Topliss-reactive ketones (excluding diaryl/α,β-unsaturated/α-hetero) is 1. The van der Waals surface area contributed by atoms with Crippen LogP contribution in [0.4, 0.5) is 20.2 Å². The molecular formula is C18H16F2N2O6. The maximum atomic E-state index is 12.3. The zero-order valence-corrected chi connectivity index (χ0v) is 14.8. The lowest BCUT2D eigenvalue weighted by molar-refractivity contribution is -0.384. The number of rotatable bonds is 8. The lowest BCUT2D eigenvalue weighted by Gasteiger charge is -2.13. The minimum absolute atomic E-state index is 0.0916. The summed E-state index contributed by atoms with van der Waals surface area (Å²) < 4.78 is 33.6. The SMILES string of the molecule is CNc1ccc(C(=O)O[C@@H](C)C(=O)c2ccc(OC(F)F)cc2)cc1[N+](=O)[O-]. The molecule has 0 heterocycles. The average Bonchev–Trinajstić information content (AvgIpc) is 2.66. The van der Waals surface area contributed by atoms with Gasteiger partial charge in [-0.1, -0.05) is 0 Å². The summed E-state index contributed by atoms with van der Waals surface area (Å²) >= 11 is 0. The third-order valence-corrected chi connectivity index (χ3v) is 3.72. The van der Waals surface area contributed by atoms with E-state index in [4.69, 9.17) is 4.74 Å². The van der Waals surface area contributed by atoms with Crippen LogP contribution in [0.2, 0.25) is 0 Å². The van der Waals surface area contributed by atoms with Crippen molar-refractivity contribution in [3.05, 3.63) is 63.7 Å². The quantitative estimate of drug-likeness (QED) is 0.315.